The van der Waals surface area contributed by atoms with Gasteiger partial charge >= 0.3 is 0 Å². The molecule has 1 saturated carbocycles. The number of hydrogen-bond donors (Lipinski definition) is 1. The minimum Gasteiger partial charge on any atom is -0.486 e. The maximum atomic E-state index is 5.71. The Labute approximate surface area is 126 Å². The third-order valence-electron chi connectivity index (χ3n) is 3.06. The number of rotatable bonds is 6. The van der Waals surface area contributed by atoms with Gasteiger partial charge in [-0.05, 0) is 59.7 Å². The molecule has 0 amide bonds. The van der Waals surface area contributed by atoms with Crippen LogP contribution in [0, 0.1) is 3.57 Å². The molecule has 19 heavy (non-hydrogen) atoms. The molecule has 1 fully saturated rings. The molecule has 2 aromatic rings. The van der Waals surface area contributed by atoms with E-state index in [1.54, 1.807) is 0 Å². The fraction of sp³-hybridized carbons (Fsp3) is 0.333. The molecule has 0 bridgehead atoms. The van der Waals surface area contributed by atoms with Crippen molar-refractivity contribution in [2.24, 2.45) is 0 Å². The van der Waals surface area contributed by atoms with E-state index in [4.69, 9.17) is 9.15 Å². The number of ether oxygens (including phenoxy) is 1. The van der Waals surface area contributed by atoms with Crippen molar-refractivity contribution in [3.8, 4) is 5.75 Å². The van der Waals surface area contributed by atoms with Crippen LogP contribution in [0.4, 0.5) is 0 Å². The van der Waals surface area contributed by atoms with Gasteiger partial charge in [-0.2, -0.15) is 0 Å². The van der Waals surface area contributed by atoms with Crippen LogP contribution in [0.1, 0.15) is 24.2 Å². The summed E-state index contributed by atoms with van der Waals surface area (Å²) in [4.78, 5) is 0. The normalized spacial score (nSPS) is 14.6. The van der Waals surface area contributed by atoms with Crippen molar-refractivity contribution in [1.82, 2.24) is 5.32 Å². The largest absolute Gasteiger partial charge is 0.486 e. The first-order valence-corrected chi connectivity index (χ1v) is 7.55. The van der Waals surface area contributed by atoms with Crippen molar-refractivity contribution >= 4 is 22.6 Å². The summed E-state index contributed by atoms with van der Waals surface area (Å²) in [5, 5.41) is 3.47. The van der Waals surface area contributed by atoms with Gasteiger partial charge in [0.25, 0.3) is 0 Å². The van der Waals surface area contributed by atoms with Crippen molar-refractivity contribution in [2.45, 2.75) is 32.0 Å². The lowest BCUT2D eigenvalue weighted by Crippen LogP contribution is -2.14. The summed E-state index contributed by atoms with van der Waals surface area (Å²) in [7, 11) is 0. The number of nitrogens with one attached hydrogen (secondary N) is 1. The third kappa shape index (κ3) is 3.98. The zero-order valence-electron chi connectivity index (χ0n) is 10.6. The average molecular weight is 369 g/mol. The maximum absolute atomic E-state index is 5.71. The first-order valence-electron chi connectivity index (χ1n) is 6.47. The van der Waals surface area contributed by atoms with E-state index >= 15 is 0 Å². The van der Waals surface area contributed by atoms with Crippen LogP contribution in [-0.2, 0) is 13.2 Å². The Balaban J connectivity index is 1.51. The molecule has 1 N–H and O–H groups in total. The molecular formula is C15H16INO2. The molecule has 0 unspecified atom stereocenters. The smallest absolute Gasteiger partial charge is 0.146 e. The number of benzene rings is 1. The maximum Gasteiger partial charge on any atom is 0.146 e. The number of halogens is 1. The second kappa shape index (κ2) is 5.96. The van der Waals surface area contributed by atoms with Gasteiger partial charge in [-0.3, -0.25) is 0 Å². The molecule has 1 aliphatic rings. The Morgan fingerprint density at radius 3 is 3.00 bits per heavy atom. The summed E-state index contributed by atoms with van der Waals surface area (Å²) in [6, 6.07) is 10.8. The molecule has 0 atom stereocenters. The highest BCUT2D eigenvalue weighted by Gasteiger charge is 2.20. The molecule has 0 radical (unpaired) electrons. The molecule has 0 saturated heterocycles. The minimum atomic E-state index is 0.476. The fourth-order valence-electron chi connectivity index (χ4n) is 1.86. The topological polar surface area (TPSA) is 34.4 Å². The lowest BCUT2D eigenvalue weighted by molar-refractivity contribution is 0.270. The van der Waals surface area contributed by atoms with Crippen molar-refractivity contribution in [3.63, 3.8) is 0 Å². The predicted octanol–water partition coefficient (Wildman–Crippen LogP) is 3.72. The highest BCUT2D eigenvalue weighted by Crippen LogP contribution is 2.20. The van der Waals surface area contributed by atoms with Crippen molar-refractivity contribution in [2.75, 3.05) is 0 Å². The van der Waals surface area contributed by atoms with E-state index in [-0.39, 0.29) is 0 Å². The van der Waals surface area contributed by atoms with E-state index in [0.717, 1.165) is 24.1 Å². The Hall–Kier alpha value is -1.01. The third-order valence-corrected chi connectivity index (χ3v) is 3.73. The molecule has 1 aromatic carbocycles. The zero-order valence-corrected chi connectivity index (χ0v) is 12.7. The minimum absolute atomic E-state index is 0.476. The summed E-state index contributed by atoms with van der Waals surface area (Å²) in [5.74, 6) is 1.74. The molecule has 100 valence electrons. The van der Waals surface area contributed by atoms with Crippen LogP contribution in [0.25, 0.3) is 0 Å². The summed E-state index contributed by atoms with van der Waals surface area (Å²) in [6.07, 6.45) is 4.42. The van der Waals surface area contributed by atoms with Crippen molar-refractivity contribution in [1.29, 1.82) is 0 Å². The Morgan fingerprint density at radius 2 is 2.21 bits per heavy atom. The van der Waals surface area contributed by atoms with Gasteiger partial charge in [-0.1, -0.05) is 6.07 Å². The molecule has 1 aromatic heterocycles. The molecular weight excluding hydrogens is 353 g/mol. The molecule has 1 heterocycles. The Morgan fingerprint density at radius 1 is 1.32 bits per heavy atom. The van der Waals surface area contributed by atoms with Gasteiger partial charge in [-0.15, -0.1) is 0 Å². The van der Waals surface area contributed by atoms with Gasteiger partial charge < -0.3 is 14.5 Å². The van der Waals surface area contributed by atoms with Gasteiger partial charge in [0.05, 0.1) is 6.26 Å². The predicted molar refractivity (Wildman–Crippen MR) is 82.1 cm³/mol. The quantitative estimate of drug-likeness (QED) is 0.789. The van der Waals surface area contributed by atoms with Gasteiger partial charge in [0.2, 0.25) is 0 Å². The molecule has 3 rings (SSSR count). The zero-order chi connectivity index (χ0) is 13.1. The summed E-state index contributed by atoms with van der Waals surface area (Å²) in [6.45, 7) is 1.36. The van der Waals surface area contributed by atoms with E-state index in [9.17, 15) is 0 Å². The lowest BCUT2D eigenvalue weighted by Gasteiger charge is -2.03. The Bertz CT molecular complexity index is 549. The second-order valence-corrected chi connectivity index (χ2v) is 6.07. The Kier molecular flexibility index (Phi) is 4.08. The highest BCUT2D eigenvalue weighted by atomic mass is 127. The van der Waals surface area contributed by atoms with Gasteiger partial charge in [0.1, 0.15) is 18.1 Å². The molecule has 0 spiro atoms. The SMILES string of the molecule is Ic1cccc(OCc2cc(CNC3CC3)co2)c1. The summed E-state index contributed by atoms with van der Waals surface area (Å²) >= 11 is 2.28. The van der Waals surface area contributed by atoms with E-state index in [2.05, 4.69) is 34.0 Å². The van der Waals surface area contributed by atoms with Crippen LogP contribution in [0.5, 0.6) is 5.75 Å². The second-order valence-electron chi connectivity index (χ2n) is 4.82. The molecule has 1 aliphatic carbocycles. The van der Waals surface area contributed by atoms with Gasteiger partial charge in [-0.25, -0.2) is 0 Å². The molecule has 4 heteroatoms. The number of furan rings is 1. The first kappa shape index (κ1) is 13.0. The van der Waals surface area contributed by atoms with Gasteiger partial charge in [0.15, 0.2) is 0 Å². The first-order chi connectivity index (χ1) is 9.29. The van der Waals surface area contributed by atoms with Crippen molar-refractivity contribution in [3.05, 3.63) is 51.5 Å². The fourth-order valence-corrected chi connectivity index (χ4v) is 2.37. The average Bonchev–Trinajstić information content (AvgIpc) is 3.13. The van der Waals surface area contributed by atoms with Gasteiger partial charge in [0, 0.05) is 21.7 Å². The highest BCUT2D eigenvalue weighted by molar-refractivity contribution is 14.1. The monoisotopic (exact) mass is 369 g/mol. The van der Waals surface area contributed by atoms with Crippen molar-refractivity contribution < 1.29 is 9.15 Å². The summed E-state index contributed by atoms with van der Waals surface area (Å²) < 4.78 is 12.4. The molecule has 3 nitrogen and oxygen atoms in total. The molecule has 0 aliphatic heterocycles. The van der Waals surface area contributed by atoms with Crippen LogP contribution < -0.4 is 10.1 Å². The van der Waals surface area contributed by atoms with Crippen LogP contribution >= 0.6 is 22.6 Å². The lowest BCUT2D eigenvalue weighted by atomic mass is 10.3. The van der Waals surface area contributed by atoms with E-state index in [0.29, 0.717) is 6.61 Å². The van der Waals surface area contributed by atoms with E-state index in [1.807, 2.05) is 30.5 Å². The van der Waals surface area contributed by atoms with Crippen LogP contribution in [0.3, 0.4) is 0 Å². The van der Waals surface area contributed by atoms with E-state index in [1.165, 1.54) is 22.0 Å². The summed E-state index contributed by atoms with van der Waals surface area (Å²) in [5.41, 5.74) is 1.19. The number of hydrogen-bond acceptors (Lipinski definition) is 3. The van der Waals surface area contributed by atoms with Crippen LogP contribution in [-0.4, -0.2) is 6.04 Å². The standard InChI is InChI=1S/C15H16INO2/c16-12-2-1-3-14(7-12)19-10-15-6-11(9-18-15)8-17-13-4-5-13/h1-3,6-7,9,13,17H,4-5,8,10H2. The van der Waals surface area contributed by atoms with Crippen LogP contribution in [0.2, 0.25) is 0 Å². The van der Waals surface area contributed by atoms with E-state index < -0.39 is 0 Å². The van der Waals surface area contributed by atoms with Crippen LogP contribution in [0.15, 0.2) is 41.0 Å².